The molecule has 6 nitrogen and oxygen atoms in total. The number of carbonyl (C=O) groups is 2. The summed E-state index contributed by atoms with van der Waals surface area (Å²) in [4.78, 5) is 30.0. The van der Waals surface area contributed by atoms with Crippen molar-refractivity contribution >= 4 is 22.6 Å². The van der Waals surface area contributed by atoms with Crippen LogP contribution < -0.4 is 0 Å². The highest BCUT2D eigenvalue weighted by Crippen LogP contribution is 2.18. The molecule has 2 rings (SSSR count). The van der Waals surface area contributed by atoms with Gasteiger partial charge in [-0.05, 0) is 11.5 Å². The molecule has 0 spiro atoms. The van der Waals surface area contributed by atoms with Gasteiger partial charge in [0.2, 0.25) is 0 Å². The van der Waals surface area contributed by atoms with Gasteiger partial charge < -0.3 is 14.4 Å². The van der Waals surface area contributed by atoms with Gasteiger partial charge in [-0.15, -0.1) is 0 Å². The molecule has 0 aliphatic heterocycles. The predicted octanol–water partition coefficient (Wildman–Crippen LogP) is 1.89. The van der Waals surface area contributed by atoms with Crippen molar-refractivity contribution in [2.75, 3.05) is 33.9 Å². The molecule has 0 N–H and O–H groups in total. The minimum atomic E-state index is -0.355. The van der Waals surface area contributed by atoms with Crippen LogP contribution in [0.2, 0.25) is 0 Å². The number of hydrogen-bond donors (Lipinski definition) is 0. The van der Waals surface area contributed by atoms with E-state index in [1.165, 1.54) is 7.11 Å². The van der Waals surface area contributed by atoms with Crippen LogP contribution >= 0.6 is 0 Å². The Labute approximate surface area is 135 Å². The molecule has 0 fully saturated rings. The molecule has 0 bridgehead atoms. The van der Waals surface area contributed by atoms with Gasteiger partial charge in [0.15, 0.2) is 0 Å². The second kappa shape index (κ2) is 8.24. The van der Waals surface area contributed by atoms with Crippen LogP contribution in [0.3, 0.4) is 0 Å². The van der Waals surface area contributed by atoms with E-state index in [4.69, 9.17) is 4.74 Å². The quantitative estimate of drug-likeness (QED) is 0.730. The molecule has 0 atom stereocenters. The summed E-state index contributed by atoms with van der Waals surface area (Å²) in [5, 5.41) is 1.74. The van der Waals surface area contributed by atoms with Crippen molar-refractivity contribution in [1.29, 1.82) is 0 Å². The van der Waals surface area contributed by atoms with Crippen LogP contribution in [0.15, 0.2) is 36.5 Å². The number of nitrogens with zero attached hydrogens (tertiary/aromatic N) is 2. The zero-order valence-electron chi connectivity index (χ0n) is 13.3. The van der Waals surface area contributed by atoms with Gasteiger partial charge in [0.25, 0.3) is 5.91 Å². The van der Waals surface area contributed by atoms with Crippen LogP contribution in [-0.4, -0.2) is 55.7 Å². The van der Waals surface area contributed by atoms with Crippen molar-refractivity contribution in [3.8, 4) is 0 Å². The number of benzene rings is 1. The number of amides is 1. The first-order valence-electron chi connectivity index (χ1n) is 7.36. The highest BCUT2D eigenvalue weighted by molar-refractivity contribution is 6.05. The van der Waals surface area contributed by atoms with Crippen LogP contribution in [0.5, 0.6) is 0 Å². The molecule has 6 heteroatoms. The SMILES string of the molecule is COCCN(CCC(=O)OC)C(=O)c1nccc2ccccc12. The van der Waals surface area contributed by atoms with Crippen LogP contribution in [0.4, 0.5) is 0 Å². The molecule has 0 saturated heterocycles. The number of esters is 1. The van der Waals surface area contributed by atoms with Gasteiger partial charge in [-0.3, -0.25) is 14.6 Å². The first kappa shape index (κ1) is 16.9. The summed E-state index contributed by atoms with van der Waals surface area (Å²) in [6, 6.07) is 9.44. The lowest BCUT2D eigenvalue weighted by Gasteiger charge is -2.22. The van der Waals surface area contributed by atoms with Gasteiger partial charge in [0, 0.05) is 31.8 Å². The number of ether oxygens (including phenoxy) is 2. The Morgan fingerprint density at radius 3 is 2.65 bits per heavy atom. The summed E-state index contributed by atoms with van der Waals surface area (Å²) in [5.41, 5.74) is 0.379. The van der Waals surface area contributed by atoms with Crippen molar-refractivity contribution in [2.24, 2.45) is 0 Å². The molecule has 0 aliphatic carbocycles. The molecular weight excluding hydrogens is 296 g/mol. The molecule has 122 valence electrons. The van der Waals surface area contributed by atoms with Crippen LogP contribution in [0.25, 0.3) is 10.8 Å². The van der Waals surface area contributed by atoms with Crippen LogP contribution in [0, 0.1) is 0 Å². The third-order valence-electron chi connectivity index (χ3n) is 3.54. The number of aromatic nitrogens is 1. The minimum absolute atomic E-state index is 0.136. The maximum absolute atomic E-state index is 12.8. The zero-order valence-corrected chi connectivity index (χ0v) is 13.3. The molecule has 1 aromatic heterocycles. The number of pyridine rings is 1. The topological polar surface area (TPSA) is 68.7 Å². The molecule has 0 saturated carbocycles. The molecule has 1 amide bonds. The van der Waals surface area contributed by atoms with Crippen LogP contribution in [0.1, 0.15) is 16.9 Å². The third-order valence-corrected chi connectivity index (χ3v) is 3.54. The molecular formula is C17H20N2O4. The monoisotopic (exact) mass is 316 g/mol. The summed E-state index contributed by atoms with van der Waals surface area (Å²) in [7, 11) is 2.90. The van der Waals surface area contributed by atoms with Gasteiger partial charge in [0.05, 0.1) is 20.1 Å². The van der Waals surface area contributed by atoms with Crippen molar-refractivity contribution in [3.05, 3.63) is 42.2 Å². The maximum atomic E-state index is 12.8. The lowest BCUT2D eigenvalue weighted by atomic mass is 10.1. The number of hydrogen-bond acceptors (Lipinski definition) is 5. The summed E-state index contributed by atoms with van der Waals surface area (Å²) in [6.07, 6.45) is 1.75. The molecule has 1 heterocycles. The Morgan fingerprint density at radius 2 is 1.91 bits per heavy atom. The average molecular weight is 316 g/mol. The minimum Gasteiger partial charge on any atom is -0.469 e. The van der Waals surface area contributed by atoms with E-state index in [2.05, 4.69) is 9.72 Å². The van der Waals surface area contributed by atoms with Crippen molar-refractivity contribution in [2.45, 2.75) is 6.42 Å². The standard InChI is InChI=1S/C17H20N2O4/c1-22-12-11-19(10-8-15(20)23-2)17(21)16-14-6-4-3-5-13(14)7-9-18-16/h3-7,9H,8,10-12H2,1-2H3. The van der Waals surface area contributed by atoms with E-state index in [9.17, 15) is 9.59 Å². The fraction of sp³-hybridized carbons (Fsp3) is 0.353. The summed E-state index contributed by atoms with van der Waals surface area (Å²) in [6.45, 7) is 1.04. The van der Waals surface area contributed by atoms with Gasteiger partial charge in [-0.25, -0.2) is 0 Å². The second-order valence-electron chi connectivity index (χ2n) is 4.99. The molecule has 0 radical (unpaired) electrons. The van der Waals surface area contributed by atoms with Gasteiger partial charge in [0.1, 0.15) is 5.69 Å². The number of rotatable bonds is 7. The Bertz CT molecular complexity index is 682. The van der Waals surface area contributed by atoms with E-state index in [0.29, 0.717) is 18.8 Å². The predicted molar refractivity (Wildman–Crippen MR) is 86.2 cm³/mol. The summed E-state index contributed by atoms with van der Waals surface area (Å²) >= 11 is 0. The average Bonchev–Trinajstić information content (AvgIpc) is 2.60. The molecule has 2 aromatic rings. The van der Waals surface area contributed by atoms with Gasteiger partial charge in [-0.1, -0.05) is 24.3 Å². The maximum Gasteiger partial charge on any atom is 0.307 e. The number of carbonyl (C=O) groups excluding carboxylic acids is 2. The van der Waals surface area contributed by atoms with Crippen molar-refractivity contribution in [3.63, 3.8) is 0 Å². The number of methoxy groups -OCH3 is 2. The lowest BCUT2D eigenvalue weighted by molar-refractivity contribution is -0.140. The van der Waals surface area contributed by atoms with Crippen molar-refractivity contribution < 1.29 is 19.1 Å². The molecule has 23 heavy (non-hydrogen) atoms. The zero-order chi connectivity index (χ0) is 16.7. The first-order chi connectivity index (χ1) is 11.2. The molecule has 0 aliphatic rings. The smallest absolute Gasteiger partial charge is 0.307 e. The Balaban J connectivity index is 2.25. The lowest BCUT2D eigenvalue weighted by Crippen LogP contribution is -2.36. The second-order valence-corrected chi connectivity index (χ2v) is 4.99. The highest BCUT2D eigenvalue weighted by atomic mass is 16.5. The normalized spacial score (nSPS) is 10.5. The fourth-order valence-corrected chi connectivity index (χ4v) is 2.28. The molecule has 0 unspecified atom stereocenters. The Hall–Kier alpha value is -2.47. The van der Waals surface area contributed by atoms with Crippen LogP contribution in [-0.2, 0) is 14.3 Å². The van der Waals surface area contributed by atoms with Crippen molar-refractivity contribution in [1.82, 2.24) is 9.88 Å². The molecule has 1 aromatic carbocycles. The van der Waals surface area contributed by atoms with E-state index in [1.54, 1.807) is 18.2 Å². The number of fused-ring (bicyclic) bond motifs is 1. The Kier molecular flexibility index (Phi) is 6.05. The summed E-state index contributed by atoms with van der Waals surface area (Å²) in [5.74, 6) is -0.575. The van der Waals surface area contributed by atoms with E-state index < -0.39 is 0 Å². The Morgan fingerprint density at radius 1 is 1.13 bits per heavy atom. The fourth-order valence-electron chi connectivity index (χ4n) is 2.28. The van der Waals surface area contributed by atoms with E-state index in [0.717, 1.165) is 10.8 Å². The largest absolute Gasteiger partial charge is 0.469 e. The van der Waals surface area contributed by atoms with Gasteiger partial charge >= 0.3 is 5.97 Å². The third kappa shape index (κ3) is 4.26. The highest BCUT2D eigenvalue weighted by Gasteiger charge is 2.20. The van der Waals surface area contributed by atoms with Gasteiger partial charge in [-0.2, -0.15) is 0 Å². The van der Waals surface area contributed by atoms with E-state index in [1.807, 2.05) is 30.3 Å². The van der Waals surface area contributed by atoms with E-state index in [-0.39, 0.29) is 24.8 Å². The first-order valence-corrected chi connectivity index (χ1v) is 7.36. The summed E-state index contributed by atoms with van der Waals surface area (Å²) < 4.78 is 9.69. The van der Waals surface area contributed by atoms with E-state index >= 15 is 0 Å².